The number of hydrogen-bond acceptors (Lipinski definition) is 18. The molecular formula is C18H24FeO18+3. The van der Waals surface area contributed by atoms with Crippen molar-refractivity contribution in [3.63, 3.8) is 0 Å². The van der Waals surface area contributed by atoms with Gasteiger partial charge in [-0.3, -0.25) is 0 Å². The number of esters is 3. The van der Waals surface area contributed by atoms with E-state index in [1.165, 1.54) is 0 Å². The number of ether oxygens (including phenoxy) is 3. The molecular weight excluding hydrogens is 560 g/mol. The summed E-state index contributed by atoms with van der Waals surface area (Å²) in [7, 11) is 0. The first-order valence-electron chi connectivity index (χ1n) is 9.59. The third kappa shape index (κ3) is 7.84. The van der Waals surface area contributed by atoms with Crippen LogP contribution in [-0.4, -0.2) is 136 Å². The molecule has 0 saturated heterocycles. The van der Waals surface area contributed by atoms with Crippen molar-refractivity contribution < 1.29 is 107 Å². The smallest absolute Gasteiger partial charge is 0.505 e. The van der Waals surface area contributed by atoms with E-state index in [2.05, 4.69) is 14.2 Å². The Balaban J connectivity index is 0.000000518. The number of aliphatic hydroxyl groups excluding tert-OH is 12. The van der Waals surface area contributed by atoms with Gasteiger partial charge in [-0.05, 0) is 0 Å². The monoisotopic (exact) mass is 584 g/mol. The third-order valence-corrected chi connectivity index (χ3v) is 4.43. The van der Waals surface area contributed by atoms with Crippen LogP contribution in [-0.2, 0) is 45.7 Å². The first-order chi connectivity index (χ1) is 16.7. The van der Waals surface area contributed by atoms with Crippen LogP contribution in [0.5, 0.6) is 0 Å². The van der Waals surface area contributed by atoms with Crippen LogP contribution in [0.2, 0.25) is 0 Å². The molecule has 19 heteroatoms. The normalized spacial score (nSPS) is 25.1. The fourth-order valence-corrected chi connectivity index (χ4v) is 2.47. The summed E-state index contributed by atoms with van der Waals surface area (Å²) in [6, 6.07) is 0. The van der Waals surface area contributed by atoms with Gasteiger partial charge in [0.2, 0.25) is 17.3 Å². The SMILES string of the molecule is O=C1O[C@H]([C@@H](O)CO)C(O)=C1O.O=C1O[C@H]([C@@H](O)CO)C(O)=C1O.O=C1O[C@H]([C@@H](O)CO)C(O)=C1O.[Fe+3]. The van der Waals surface area contributed by atoms with E-state index in [9.17, 15) is 14.4 Å². The summed E-state index contributed by atoms with van der Waals surface area (Å²) in [6.07, 6.45) is -8.33. The molecule has 0 amide bonds. The molecule has 0 saturated carbocycles. The summed E-state index contributed by atoms with van der Waals surface area (Å²) in [6.45, 7) is -2.01. The van der Waals surface area contributed by atoms with Crippen LogP contribution in [0.1, 0.15) is 0 Å². The molecule has 0 bridgehead atoms. The van der Waals surface area contributed by atoms with Crippen LogP contribution in [0.3, 0.4) is 0 Å². The van der Waals surface area contributed by atoms with Gasteiger partial charge >= 0.3 is 35.0 Å². The zero-order valence-corrected chi connectivity index (χ0v) is 19.4. The number of carbonyl (C=O) groups is 3. The fraction of sp³-hybridized carbons (Fsp3) is 0.500. The van der Waals surface area contributed by atoms with Crippen molar-refractivity contribution in [1.82, 2.24) is 0 Å². The van der Waals surface area contributed by atoms with Gasteiger partial charge in [-0.2, -0.15) is 0 Å². The second-order valence-electron chi connectivity index (χ2n) is 6.93. The van der Waals surface area contributed by atoms with Gasteiger partial charge in [0.25, 0.3) is 0 Å². The molecule has 18 nitrogen and oxygen atoms in total. The summed E-state index contributed by atoms with van der Waals surface area (Å²) in [5.74, 6) is -8.34. The standard InChI is InChI=1S/3C6H8O6.Fe/c3*7-1-2(8)5-3(9)4(10)6(11)12-5;/h3*2,5,7-10H,1H2;/q;;;+3/t3*2-,5+;/m000./s1. The van der Waals surface area contributed by atoms with Crippen molar-refractivity contribution in [3.05, 3.63) is 34.6 Å². The van der Waals surface area contributed by atoms with E-state index < -0.39 is 109 Å². The number of carbonyl (C=O) groups excluding carboxylic acids is 3. The van der Waals surface area contributed by atoms with Crippen LogP contribution in [0, 0.1) is 0 Å². The van der Waals surface area contributed by atoms with Gasteiger partial charge < -0.3 is 75.5 Å². The number of cyclic esters (lactones) is 3. The van der Waals surface area contributed by atoms with E-state index >= 15 is 0 Å². The van der Waals surface area contributed by atoms with E-state index in [0.717, 1.165) is 0 Å². The van der Waals surface area contributed by atoms with E-state index in [0.29, 0.717) is 0 Å². The maximum atomic E-state index is 10.5. The van der Waals surface area contributed by atoms with Crippen molar-refractivity contribution >= 4 is 17.9 Å². The Bertz CT molecular complexity index is 822. The maximum Gasteiger partial charge on any atom is 3.00 e. The largest absolute Gasteiger partial charge is 3.00 e. The van der Waals surface area contributed by atoms with Gasteiger partial charge in [-0.25, -0.2) is 14.4 Å². The van der Waals surface area contributed by atoms with Crippen LogP contribution < -0.4 is 0 Å². The Morgan fingerprint density at radius 3 is 0.811 bits per heavy atom. The summed E-state index contributed by atoms with van der Waals surface area (Å²) in [5, 5.41) is 105. The first kappa shape index (κ1) is 33.7. The van der Waals surface area contributed by atoms with Crippen molar-refractivity contribution in [2.24, 2.45) is 0 Å². The molecule has 6 atom stereocenters. The molecule has 0 unspecified atom stereocenters. The molecule has 0 spiro atoms. The van der Waals surface area contributed by atoms with E-state index in [1.807, 2.05) is 0 Å². The number of rotatable bonds is 6. The molecule has 37 heavy (non-hydrogen) atoms. The zero-order chi connectivity index (χ0) is 27.9. The number of hydrogen-bond donors (Lipinski definition) is 12. The van der Waals surface area contributed by atoms with Gasteiger partial charge in [0.15, 0.2) is 35.6 Å². The molecule has 0 fully saturated rings. The maximum absolute atomic E-state index is 10.5. The van der Waals surface area contributed by atoms with Crippen molar-refractivity contribution in [2.75, 3.05) is 19.8 Å². The molecule has 0 aromatic heterocycles. The number of aliphatic hydroxyl groups is 12. The van der Waals surface area contributed by atoms with Crippen molar-refractivity contribution in [2.45, 2.75) is 36.6 Å². The molecule has 3 aliphatic heterocycles. The van der Waals surface area contributed by atoms with Crippen molar-refractivity contribution in [3.8, 4) is 0 Å². The molecule has 12 N–H and O–H groups in total. The van der Waals surface area contributed by atoms with E-state index in [-0.39, 0.29) is 17.1 Å². The quantitative estimate of drug-likeness (QED) is 0.0799. The third-order valence-electron chi connectivity index (χ3n) is 4.43. The van der Waals surface area contributed by atoms with Crippen LogP contribution in [0.25, 0.3) is 0 Å². The van der Waals surface area contributed by atoms with Gasteiger partial charge in [0.05, 0.1) is 19.8 Å². The van der Waals surface area contributed by atoms with Gasteiger partial charge in [0, 0.05) is 0 Å². The van der Waals surface area contributed by atoms with Gasteiger partial charge in [-0.1, -0.05) is 0 Å². The predicted molar refractivity (Wildman–Crippen MR) is 106 cm³/mol. The second kappa shape index (κ2) is 14.4. The second-order valence-corrected chi connectivity index (χ2v) is 6.93. The molecule has 209 valence electrons. The van der Waals surface area contributed by atoms with E-state index in [1.54, 1.807) is 0 Å². The zero-order valence-electron chi connectivity index (χ0n) is 18.3. The topological polar surface area (TPSA) is 322 Å². The Morgan fingerprint density at radius 2 is 0.703 bits per heavy atom. The summed E-state index contributed by atoms with van der Waals surface area (Å²) in [5.41, 5.74) is 0. The Kier molecular flexibility index (Phi) is 13.2. The predicted octanol–water partition coefficient (Wildman–Crippen LogP) is -4.22. The van der Waals surface area contributed by atoms with Gasteiger partial charge in [0.1, 0.15) is 18.3 Å². The molecule has 3 aliphatic rings. The minimum atomic E-state index is -1.42. The molecule has 1 radical (unpaired) electrons. The summed E-state index contributed by atoms with van der Waals surface area (Å²) >= 11 is 0. The van der Waals surface area contributed by atoms with Crippen LogP contribution >= 0.6 is 0 Å². The minimum Gasteiger partial charge on any atom is -0.505 e. The van der Waals surface area contributed by atoms with E-state index in [4.69, 9.17) is 61.3 Å². The van der Waals surface area contributed by atoms with Crippen LogP contribution in [0.4, 0.5) is 0 Å². The summed E-state index contributed by atoms with van der Waals surface area (Å²) in [4.78, 5) is 31.6. The van der Waals surface area contributed by atoms with Crippen LogP contribution in [0.15, 0.2) is 34.6 Å². The summed E-state index contributed by atoms with van der Waals surface area (Å²) < 4.78 is 12.9. The van der Waals surface area contributed by atoms with Crippen molar-refractivity contribution in [1.29, 1.82) is 0 Å². The first-order valence-corrected chi connectivity index (χ1v) is 9.59. The molecule has 0 aromatic rings. The molecule has 3 rings (SSSR count). The average Bonchev–Trinajstić information content (AvgIpc) is 3.40. The molecule has 3 heterocycles. The molecule has 0 aromatic carbocycles. The average molecular weight is 584 g/mol. The Hall–Kier alpha value is -3.29. The minimum absolute atomic E-state index is 0. The molecule has 0 aliphatic carbocycles. The Labute approximate surface area is 216 Å². The van der Waals surface area contributed by atoms with Gasteiger partial charge in [-0.15, -0.1) is 0 Å². The fourth-order valence-electron chi connectivity index (χ4n) is 2.47. The Morgan fingerprint density at radius 1 is 0.514 bits per heavy atom.